The Hall–Kier alpha value is -1.20. The number of nitrogens with one attached hydrogen (secondary N) is 1. The number of aromatic nitrogens is 2. The predicted molar refractivity (Wildman–Crippen MR) is 66.8 cm³/mol. The summed E-state index contributed by atoms with van der Waals surface area (Å²) in [7, 11) is 3.55. The zero-order chi connectivity index (χ0) is 12.8. The van der Waals surface area contributed by atoms with Crippen LogP contribution in [0.25, 0.3) is 0 Å². The summed E-state index contributed by atoms with van der Waals surface area (Å²) in [4.78, 5) is 21.5. The molecule has 0 spiro atoms. The summed E-state index contributed by atoms with van der Waals surface area (Å²) in [6.45, 7) is 3.12. The van der Waals surface area contributed by atoms with Crippen molar-refractivity contribution in [2.45, 2.75) is 19.9 Å². The summed E-state index contributed by atoms with van der Waals surface area (Å²) in [5, 5.41) is 3.04. The summed E-state index contributed by atoms with van der Waals surface area (Å²) in [6, 6.07) is 1.72. The minimum absolute atomic E-state index is 0.0278. The number of hydrogen-bond donors (Lipinski definition) is 1. The van der Waals surface area contributed by atoms with Crippen molar-refractivity contribution < 1.29 is 4.79 Å². The van der Waals surface area contributed by atoms with Gasteiger partial charge in [-0.1, -0.05) is 11.6 Å². The predicted octanol–water partition coefficient (Wildman–Crippen LogP) is 1.01. The zero-order valence-corrected chi connectivity index (χ0v) is 11.1. The quantitative estimate of drug-likeness (QED) is 0.799. The molecular weight excluding hydrogens is 240 g/mol. The average Bonchev–Trinajstić information content (AvgIpc) is 2.24. The molecule has 0 aromatic carbocycles. The molecule has 0 saturated heterocycles. The van der Waals surface area contributed by atoms with Crippen LogP contribution in [0.1, 0.15) is 17.9 Å². The first kappa shape index (κ1) is 13.9. The van der Waals surface area contributed by atoms with E-state index in [0.29, 0.717) is 30.5 Å². The van der Waals surface area contributed by atoms with E-state index >= 15 is 0 Å². The number of amides is 1. The van der Waals surface area contributed by atoms with Crippen LogP contribution < -0.4 is 5.32 Å². The monoisotopic (exact) mass is 256 g/mol. The van der Waals surface area contributed by atoms with Gasteiger partial charge in [0, 0.05) is 25.7 Å². The van der Waals surface area contributed by atoms with Gasteiger partial charge in [0.05, 0.1) is 6.54 Å². The molecule has 0 radical (unpaired) electrons. The Morgan fingerprint density at radius 2 is 2.24 bits per heavy atom. The molecule has 6 heteroatoms. The van der Waals surface area contributed by atoms with Crippen LogP contribution in [0.2, 0.25) is 5.15 Å². The van der Waals surface area contributed by atoms with Gasteiger partial charge < -0.3 is 5.32 Å². The van der Waals surface area contributed by atoms with E-state index in [0.717, 1.165) is 5.69 Å². The molecule has 1 N–H and O–H groups in total. The molecule has 0 bridgehead atoms. The highest BCUT2D eigenvalue weighted by atomic mass is 35.5. The van der Waals surface area contributed by atoms with Gasteiger partial charge in [0.2, 0.25) is 5.91 Å². The van der Waals surface area contributed by atoms with E-state index in [2.05, 4.69) is 15.3 Å². The van der Waals surface area contributed by atoms with Gasteiger partial charge in [-0.15, -0.1) is 0 Å². The highest BCUT2D eigenvalue weighted by Crippen LogP contribution is 2.07. The van der Waals surface area contributed by atoms with Gasteiger partial charge in [0.1, 0.15) is 11.0 Å². The number of nitrogens with zero attached hydrogens (tertiary/aromatic N) is 3. The largest absolute Gasteiger partial charge is 0.359 e. The lowest BCUT2D eigenvalue weighted by Crippen LogP contribution is -2.26. The number of halogens is 1. The molecule has 0 unspecified atom stereocenters. The van der Waals surface area contributed by atoms with E-state index in [1.54, 1.807) is 13.1 Å². The molecule has 1 rings (SSSR count). The number of hydrogen-bond acceptors (Lipinski definition) is 4. The zero-order valence-electron chi connectivity index (χ0n) is 10.3. The van der Waals surface area contributed by atoms with Gasteiger partial charge in [-0.05, 0) is 20.0 Å². The van der Waals surface area contributed by atoms with Crippen molar-refractivity contribution in [3.05, 3.63) is 22.7 Å². The van der Waals surface area contributed by atoms with E-state index in [1.807, 2.05) is 18.9 Å². The Bertz CT molecular complexity index is 377. The Morgan fingerprint density at radius 3 is 2.82 bits per heavy atom. The van der Waals surface area contributed by atoms with Crippen molar-refractivity contribution >= 4 is 17.5 Å². The minimum Gasteiger partial charge on any atom is -0.359 e. The number of carbonyl (C=O) groups excluding carboxylic acids is 1. The summed E-state index contributed by atoms with van der Waals surface area (Å²) < 4.78 is 0. The van der Waals surface area contributed by atoms with Crippen molar-refractivity contribution in [3.8, 4) is 0 Å². The van der Waals surface area contributed by atoms with Crippen molar-refractivity contribution in [1.29, 1.82) is 0 Å². The molecule has 17 heavy (non-hydrogen) atoms. The molecule has 1 amide bonds. The average molecular weight is 257 g/mol. The standard InChI is InChI=1S/C11H17ClN4O/c1-8-6-9(12)15-10(14-8)7-16(3)5-4-11(17)13-2/h6H,4-5,7H2,1-3H3,(H,13,17). The summed E-state index contributed by atoms with van der Waals surface area (Å²) >= 11 is 5.85. The first-order chi connectivity index (χ1) is 8.01. The van der Waals surface area contributed by atoms with Crippen LogP contribution in [0.4, 0.5) is 0 Å². The van der Waals surface area contributed by atoms with Gasteiger partial charge in [0.15, 0.2) is 0 Å². The van der Waals surface area contributed by atoms with E-state index in [-0.39, 0.29) is 5.91 Å². The first-order valence-corrected chi connectivity index (χ1v) is 5.78. The Morgan fingerprint density at radius 1 is 1.53 bits per heavy atom. The molecule has 0 fully saturated rings. The third-order valence-electron chi connectivity index (χ3n) is 2.28. The second-order valence-corrected chi connectivity index (χ2v) is 4.30. The summed E-state index contributed by atoms with van der Waals surface area (Å²) in [6.07, 6.45) is 0.465. The molecule has 5 nitrogen and oxygen atoms in total. The van der Waals surface area contributed by atoms with Crippen LogP contribution >= 0.6 is 11.6 Å². The molecule has 0 aliphatic carbocycles. The first-order valence-electron chi connectivity index (χ1n) is 5.40. The second-order valence-electron chi connectivity index (χ2n) is 3.91. The smallest absolute Gasteiger partial charge is 0.221 e. The van der Waals surface area contributed by atoms with Crippen LogP contribution in [0.5, 0.6) is 0 Å². The van der Waals surface area contributed by atoms with Crippen LogP contribution in [0, 0.1) is 6.92 Å². The van der Waals surface area contributed by atoms with Crippen LogP contribution in [0.3, 0.4) is 0 Å². The molecule has 1 aromatic rings. The third-order valence-corrected chi connectivity index (χ3v) is 2.47. The Balaban J connectivity index is 2.50. The Labute approximate surface area is 106 Å². The number of carbonyl (C=O) groups is 1. The van der Waals surface area contributed by atoms with Gasteiger partial charge in [-0.25, -0.2) is 9.97 Å². The summed E-state index contributed by atoms with van der Waals surface area (Å²) in [5.41, 5.74) is 0.847. The third kappa shape index (κ3) is 5.10. The fourth-order valence-electron chi connectivity index (χ4n) is 1.40. The molecule has 1 aromatic heterocycles. The van der Waals surface area contributed by atoms with Crippen molar-refractivity contribution in [2.75, 3.05) is 20.6 Å². The minimum atomic E-state index is 0.0278. The maximum atomic E-state index is 11.1. The van der Waals surface area contributed by atoms with Gasteiger partial charge in [0.25, 0.3) is 0 Å². The van der Waals surface area contributed by atoms with Crippen LogP contribution in [-0.4, -0.2) is 41.4 Å². The highest BCUT2D eigenvalue weighted by Gasteiger charge is 2.06. The molecule has 0 aliphatic heterocycles. The lowest BCUT2D eigenvalue weighted by atomic mass is 10.3. The molecule has 0 saturated carbocycles. The topological polar surface area (TPSA) is 58.1 Å². The fourth-order valence-corrected chi connectivity index (χ4v) is 1.65. The maximum Gasteiger partial charge on any atom is 0.221 e. The second kappa shape index (κ2) is 6.51. The SMILES string of the molecule is CNC(=O)CCN(C)Cc1nc(C)cc(Cl)n1. The van der Waals surface area contributed by atoms with Crippen molar-refractivity contribution in [2.24, 2.45) is 0 Å². The van der Waals surface area contributed by atoms with Crippen LogP contribution in [-0.2, 0) is 11.3 Å². The molecule has 1 heterocycles. The normalized spacial score (nSPS) is 10.6. The number of rotatable bonds is 5. The molecule has 0 aliphatic rings. The number of aryl methyl sites for hydroxylation is 1. The van der Waals surface area contributed by atoms with Gasteiger partial charge >= 0.3 is 0 Å². The van der Waals surface area contributed by atoms with E-state index in [1.165, 1.54) is 0 Å². The lowest BCUT2D eigenvalue weighted by molar-refractivity contribution is -0.120. The maximum absolute atomic E-state index is 11.1. The fraction of sp³-hybridized carbons (Fsp3) is 0.545. The van der Waals surface area contributed by atoms with Crippen molar-refractivity contribution in [1.82, 2.24) is 20.2 Å². The molecule has 94 valence electrons. The summed E-state index contributed by atoms with van der Waals surface area (Å²) in [5.74, 6) is 0.703. The van der Waals surface area contributed by atoms with Gasteiger partial charge in [-0.2, -0.15) is 0 Å². The molecule has 0 atom stereocenters. The van der Waals surface area contributed by atoms with E-state index in [9.17, 15) is 4.79 Å². The highest BCUT2D eigenvalue weighted by molar-refractivity contribution is 6.29. The van der Waals surface area contributed by atoms with E-state index in [4.69, 9.17) is 11.6 Å². The molecular formula is C11H17ClN4O. The van der Waals surface area contributed by atoms with Gasteiger partial charge in [-0.3, -0.25) is 9.69 Å². The lowest BCUT2D eigenvalue weighted by Gasteiger charge is -2.15. The van der Waals surface area contributed by atoms with Crippen LogP contribution in [0.15, 0.2) is 6.07 Å². The Kier molecular flexibility index (Phi) is 5.31. The van der Waals surface area contributed by atoms with Crippen molar-refractivity contribution in [3.63, 3.8) is 0 Å². The van der Waals surface area contributed by atoms with E-state index < -0.39 is 0 Å².